The minimum atomic E-state index is -0.293. The summed E-state index contributed by atoms with van der Waals surface area (Å²) in [5.41, 5.74) is 1.57. The van der Waals surface area contributed by atoms with Gasteiger partial charge in [-0.1, -0.05) is 25.0 Å². The summed E-state index contributed by atoms with van der Waals surface area (Å²) in [7, 11) is 0. The zero-order valence-electron chi connectivity index (χ0n) is 11.0. The Labute approximate surface area is 108 Å². The Balaban J connectivity index is 2.17. The molecule has 0 bridgehead atoms. The zero-order valence-corrected chi connectivity index (χ0v) is 11.0. The van der Waals surface area contributed by atoms with E-state index in [1.165, 1.54) is 25.7 Å². The number of anilines is 1. The fourth-order valence-corrected chi connectivity index (χ4v) is 2.84. The molecule has 0 heterocycles. The first-order chi connectivity index (χ1) is 8.59. The number of nitrogens with one attached hydrogen (secondary N) is 1. The van der Waals surface area contributed by atoms with E-state index in [-0.39, 0.29) is 10.6 Å². The van der Waals surface area contributed by atoms with Crippen molar-refractivity contribution in [3.63, 3.8) is 0 Å². The second kappa shape index (κ2) is 5.38. The minimum absolute atomic E-state index is 0.211. The first kappa shape index (κ1) is 12.9. The number of rotatable bonds is 4. The number of para-hydroxylation sites is 1. The summed E-state index contributed by atoms with van der Waals surface area (Å²) >= 11 is 0. The van der Waals surface area contributed by atoms with Gasteiger partial charge in [-0.05, 0) is 38.7 Å². The topological polar surface area (TPSA) is 55.2 Å². The van der Waals surface area contributed by atoms with Gasteiger partial charge >= 0.3 is 0 Å². The monoisotopic (exact) mass is 248 g/mol. The lowest BCUT2D eigenvalue weighted by Gasteiger charge is -2.21. The van der Waals surface area contributed by atoms with Crippen molar-refractivity contribution in [2.45, 2.75) is 45.6 Å². The molecule has 0 aromatic heterocycles. The van der Waals surface area contributed by atoms with Crippen LogP contribution >= 0.6 is 0 Å². The number of nitro groups is 1. The molecule has 0 radical (unpaired) electrons. The van der Waals surface area contributed by atoms with E-state index < -0.39 is 0 Å². The Hall–Kier alpha value is -1.58. The third kappa shape index (κ3) is 2.63. The van der Waals surface area contributed by atoms with E-state index in [1.54, 1.807) is 19.1 Å². The van der Waals surface area contributed by atoms with Crippen molar-refractivity contribution in [1.29, 1.82) is 0 Å². The molecule has 0 spiro atoms. The number of benzene rings is 1. The average molecular weight is 248 g/mol. The Morgan fingerprint density at radius 1 is 1.39 bits per heavy atom. The lowest BCUT2D eigenvalue weighted by molar-refractivity contribution is -0.384. The summed E-state index contributed by atoms with van der Waals surface area (Å²) in [4.78, 5) is 10.8. The standard InChI is InChI=1S/C14H20N2O2/c1-10-6-5-9-13(14(10)16(17)18)15-11(2)12-7-3-4-8-12/h5-6,9,11-12,15H,3-4,7-8H2,1-2H3. The Morgan fingerprint density at radius 3 is 2.67 bits per heavy atom. The van der Waals surface area contributed by atoms with E-state index in [1.807, 2.05) is 6.07 Å². The molecule has 0 amide bonds. The first-order valence-electron chi connectivity index (χ1n) is 6.60. The van der Waals surface area contributed by atoms with E-state index in [0.717, 1.165) is 0 Å². The largest absolute Gasteiger partial charge is 0.377 e. The predicted molar refractivity (Wildman–Crippen MR) is 72.9 cm³/mol. The highest BCUT2D eigenvalue weighted by atomic mass is 16.6. The Kier molecular flexibility index (Phi) is 3.84. The number of nitrogens with zero attached hydrogens (tertiary/aromatic N) is 1. The van der Waals surface area contributed by atoms with Gasteiger partial charge in [0.1, 0.15) is 5.69 Å². The predicted octanol–water partition coefficient (Wildman–Crippen LogP) is 3.89. The molecule has 1 aliphatic rings. The van der Waals surface area contributed by atoms with E-state index in [2.05, 4.69) is 12.2 Å². The fraction of sp³-hybridized carbons (Fsp3) is 0.571. The number of aryl methyl sites for hydroxylation is 1. The molecule has 18 heavy (non-hydrogen) atoms. The molecule has 0 saturated heterocycles. The highest BCUT2D eigenvalue weighted by molar-refractivity contribution is 5.65. The molecule has 4 nitrogen and oxygen atoms in total. The van der Waals surface area contributed by atoms with Gasteiger partial charge in [-0.25, -0.2) is 0 Å². The van der Waals surface area contributed by atoms with Crippen LogP contribution in [0.3, 0.4) is 0 Å². The SMILES string of the molecule is Cc1cccc(NC(C)C2CCCC2)c1[N+](=O)[O-]. The molecule has 98 valence electrons. The lowest BCUT2D eigenvalue weighted by atomic mass is 9.99. The number of hydrogen-bond acceptors (Lipinski definition) is 3. The normalized spacial score (nSPS) is 17.7. The summed E-state index contributed by atoms with van der Waals surface area (Å²) < 4.78 is 0. The van der Waals surface area contributed by atoms with Gasteiger partial charge in [0.25, 0.3) is 5.69 Å². The maximum Gasteiger partial charge on any atom is 0.295 e. The van der Waals surface area contributed by atoms with Gasteiger partial charge < -0.3 is 5.32 Å². The van der Waals surface area contributed by atoms with Gasteiger partial charge in [0.05, 0.1) is 4.92 Å². The van der Waals surface area contributed by atoms with Crippen LogP contribution in [-0.2, 0) is 0 Å². The maximum atomic E-state index is 11.1. The molecule has 1 aromatic carbocycles. The molecule has 1 N–H and O–H groups in total. The van der Waals surface area contributed by atoms with Crippen LogP contribution in [0.4, 0.5) is 11.4 Å². The van der Waals surface area contributed by atoms with Gasteiger partial charge in [-0.3, -0.25) is 10.1 Å². The van der Waals surface area contributed by atoms with Gasteiger partial charge in [0, 0.05) is 11.6 Å². The average Bonchev–Trinajstić information content (AvgIpc) is 2.81. The van der Waals surface area contributed by atoms with Crippen molar-refractivity contribution in [3.8, 4) is 0 Å². The first-order valence-corrected chi connectivity index (χ1v) is 6.60. The molecule has 1 aromatic rings. The third-order valence-corrected chi connectivity index (χ3v) is 3.91. The highest BCUT2D eigenvalue weighted by Crippen LogP contribution is 2.33. The van der Waals surface area contributed by atoms with Crippen molar-refractivity contribution in [2.24, 2.45) is 5.92 Å². The molecule has 1 unspecified atom stereocenters. The Morgan fingerprint density at radius 2 is 2.06 bits per heavy atom. The summed E-state index contributed by atoms with van der Waals surface area (Å²) in [6.45, 7) is 3.91. The van der Waals surface area contributed by atoms with Crippen LogP contribution in [0, 0.1) is 23.0 Å². The quantitative estimate of drug-likeness (QED) is 0.649. The molecule has 2 rings (SSSR count). The third-order valence-electron chi connectivity index (χ3n) is 3.91. The van der Waals surface area contributed by atoms with Crippen LogP contribution in [0.1, 0.15) is 38.2 Å². The maximum absolute atomic E-state index is 11.1. The van der Waals surface area contributed by atoms with Crippen LogP contribution < -0.4 is 5.32 Å². The zero-order chi connectivity index (χ0) is 13.1. The summed E-state index contributed by atoms with van der Waals surface area (Å²) in [6, 6.07) is 5.75. The molecule has 1 saturated carbocycles. The van der Waals surface area contributed by atoms with Crippen LogP contribution in [0.2, 0.25) is 0 Å². The summed E-state index contributed by atoms with van der Waals surface area (Å²) in [5.74, 6) is 0.644. The molecule has 1 fully saturated rings. The Bertz CT molecular complexity index is 439. The molecular formula is C14H20N2O2. The van der Waals surface area contributed by atoms with Gasteiger partial charge in [-0.2, -0.15) is 0 Å². The second-order valence-electron chi connectivity index (χ2n) is 5.21. The van der Waals surface area contributed by atoms with Crippen LogP contribution in [0.5, 0.6) is 0 Å². The second-order valence-corrected chi connectivity index (χ2v) is 5.21. The van der Waals surface area contributed by atoms with Crippen LogP contribution in [-0.4, -0.2) is 11.0 Å². The van der Waals surface area contributed by atoms with Crippen LogP contribution in [0.25, 0.3) is 0 Å². The molecular weight excluding hydrogens is 228 g/mol. The fourth-order valence-electron chi connectivity index (χ4n) is 2.84. The highest BCUT2D eigenvalue weighted by Gasteiger charge is 2.24. The van der Waals surface area contributed by atoms with E-state index >= 15 is 0 Å². The van der Waals surface area contributed by atoms with Crippen LogP contribution in [0.15, 0.2) is 18.2 Å². The van der Waals surface area contributed by atoms with Crippen molar-refractivity contribution in [3.05, 3.63) is 33.9 Å². The van der Waals surface area contributed by atoms with Crippen molar-refractivity contribution >= 4 is 11.4 Å². The summed E-state index contributed by atoms with van der Waals surface area (Å²) in [6.07, 6.45) is 5.03. The van der Waals surface area contributed by atoms with E-state index in [0.29, 0.717) is 23.2 Å². The van der Waals surface area contributed by atoms with Gasteiger partial charge in [-0.15, -0.1) is 0 Å². The lowest BCUT2D eigenvalue weighted by Crippen LogP contribution is -2.24. The number of hydrogen-bond donors (Lipinski definition) is 1. The molecule has 1 atom stereocenters. The van der Waals surface area contributed by atoms with E-state index in [4.69, 9.17) is 0 Å². The van der Waals surface area contributed by atoms with Crippen molar-refractivity contribution in [2.75, 3.05) is 5.32 Å². The summed E-state index contributed by atoms with van der Waals surface area (Å²) in [5, 5.41) is 14.4. The van der Waals surface area contributed by atoms with Gasteiger partial charge in [0.15, 0.2) is 0 Å². The smallest absolute Gasteiger partial charge is 0.295 e. The molecule has 0 aliphatic heterocycles. The van der Waals surface area contributed by atoms with Crippen molar-refractivity contribution in [1.82, 2.24) is 0 Å². The number of nitro benzene ring substituents is 1. The van der Waals surface area contributed by atoms with Gasteiger partial charge in [0.2, 0.25) is 0 Å². The minimum Gasteiger partial charge on any atom is -0.377 e. The molecule has 4 heteroatoms. The van der Waals surface area contributed by atoms with Crippen molar-refractivity contribution < 1.29 is 4.92 Å². The van der Waals surface area contributed by atoms with E-state index in [9.17, 15) is 10.1 Å². The molecule has 1 aliphatic carbocycles.